The molecule has 0 amide bonds. The maximum Gasteiger partial charge on any atom is 0.199 e. The minimum absolute atomic E-state index is 0.718. The van der Waals surface area contributed by atoms with Crippen LogP contribution in [0.25, 0.3) is 0 Å². The topological polar surface area (TPSA) is 23.8 Å². The summed E-state index contributed by atoms with van der Waals surface area (Å²) in [6.45, 7) is 2.20. The zero-order valence-corrected chi connectivity index (χ0v) is 16.8. The zero-order chi connectivity index (χ0) is 19.3. The molecule has 0 radical (unpaired) electrons. The van der Waals surface area contributed by atoms with Gasteiger partial charge in [0.15, 0.2) is 5.83 Å². The minimum Gasteiger partial charge on any atom is -0.195 e. The second-order valence-electron chi connectivity index (χ2n) is 7.93. The molecule has 146 valence electrons. The Morgan fingerprint density at radius 2 is 1.67 bits per heavy atom. The fraction of sp³-hybridized carbons (Fsp3) is 0.560. The molecule has 1 aliphatic carbocycles. The lowest BCUT2D eigenvalue weighted by Gasteiger charge is -2.28. The Labute approximate surface area is 165 Å². The van der Waals surface area contributed by atoms with Gasteiger partial charge in [-0.2, -0.15) is 9.65 Å². The van der Waals surface area contributed by atoms with E-state index in [4.69, 9.17) is 5.26 Å². The van der Waals surface area contributed by atoms with Crippen LogP contribution in [-0.4, -0.2) is 0 Å². The van der Waals surface area contributed by atoms with E-state index in [1.54, 1.807) is 6.08 Å². The standard InChI is InChI=1S/C25H34FN/c1-2-21-12-14-23(15-13-21)9-6-7-10-24-18-16-22(17-19-24)8-4-3-5-11-25(26)20-27/h3,5,11-15,22,24H,2,4,6-10,16-19H2,1H3/b5-3+,25-11-. The molecule has 1 nitrogen and oxygen atoms in total. The van der Waals surface area contributed by atoms with Crippen molar-refractivity contribution in [2.45, 2.75) is 77.6 Å². The van der Waals surface area contributed by atoms with Crippen LogP contribution in [0.1, 0.15) is 75.8 Å². The average Bonchev–Trinajstić information content (AvgIpc) is 2.72. The number of aryl methyl sites for hydroxylation is 2. The van der Waals surface area contributed by atoms with Gasteiger partial charge in [-0.3, -0.25) is 0 Å². The summed E-state index contributed by atoms with van der Waals surface area (Å²) in [5.74, 6) is 1.03. The molecule has 0 heterocycles. The molecular weight excluding hydrogens is 333 g/mol. The van der Waals surface area contributed by atoms with Crippen molar-refractivity contribution >= 4 is 0 Å². The van der Waals surface area contributed by atoms with Gasteiger partial charge in [0.25, 0.3) is 0 Å². The van der Waals surface area contributed by atoms with Crippen molar-refractivity contribution in [2.75, 3.05) is 0 Å². The van der Waals surface area contributed by atoms with Crippen LogP contribution in [0.5, 0.6) is 0 Å². The third-order valence-electron chi connectivity index (χ3n) is 5.95. The lowest BCUT2D eigenvalue weighted by molar-refractivity contribution is 0.250. The van der Waals surface area contributed by atoms with Crippen LogP contribution < -0.4 is 0 Å². The Morgan fingerprint density at radius 3 is 2.30 bits per heavy atom. The smallest absolute Gasteiger partial charge is 0.195 e. The van der Waals surface area contributed by atoms with Crippen molar-refractivity contribution in [3.63, 3.8) is 0 Å². The summed E-state index contributed by atoms with van der Waals surface area (Å²) in [6, 6.07) is 10.6. The summed E-state index contributed by atoms with van der Waals surface area (Å²) in [5.41, 5.74) is 2.91. The first-order chi connectivity index (χ1) is 13.2. The number of benzene rings is 1. The number of allylic oxidation sites excluding steroid dienone is 4. The highest BCUT2D eigenvalue weighted by molar-refractivity contribution is 5.22. The third-order valence-corrected chi connectivity index (χ3v) is 5.95. The Bertz CT molecular complexity index is 627. The molecule has 0 aliphatic heterocycles. The van der Waals surface area contributed by atoms with Crippen molar-refractivity contribution in [3.05, 3.63) is 59.4 Å². The zero-order valence-electron chi connectivity index (χ0n) is 16.8. The highest BCUT2D eigenvalue weighted by Crippen LogP contribution is 2.34. The molecule has 1 aromatic carbocycles. The summed E-state index contributed by atoms with van der Waals surface area (Å²) >= 11 is 0. The molecule has 0 saturated heterocycles. The van der Waals surface area contributed by atoms with E-state index in [0.29, 0.717) is 0 Å². The van der Waals surface area contributed by atoms with E-state index in [-0.39, 0.29) is 0 Å². The SMILES string of the molecule is CCc1ccc(CCCCC2CCC(CC/C=C/C=C(\F)C#N)CC2)cc1. The molecule has 0 unspecified atom stereocenters. The Hall–Kier alpha value is -1.88. The normalized spacial score (nSPS) is 20.7. The van der Waals surface area contributed by atoms with E-state index < -0.39 is 5.83 Å². The maximum absolute atomic E-state index is 12.7. The molecule has 0 aromatic heterocycles. The number of nitriles is 1. The molecule has 0 bridgehead atoms. The van der Waals surface area contributed by atoms with Gasteiger partial charge in [-0.05, 0) is 61.1 Å². The van der Waals surface area contributed by atoms with Crippen LogP contribution in [-0.2, 0) is 12.8 Å². The molecule has 27 heavy (non-hydrogen) atoms. The lowest BCUT2D eigenvalue weighted by atomic mass is 9.78. The minimum atomic E-state index is -0.718. The van der Waals surface area contributed by atoms with Crippen LogP contribution in [0, 0.1) is 23.2 Å². The van der Waals surface area contributed by atoms with Crippen molar-refractivity contribution in [1.29, 1.82) is 5.26 Å². The number of unbranched alkanes of at least 4 members (excludes halogenated alkanes) is 1. The van der Waals surface area contributed by atoms with Crippen LogP contribution in [0.2, 0.25) is 0 Å². The van der Waals surface area contributed by atoms with Crippen LogP contribution in [0.3, 0.4) is 0 Å². The molecule has 0 N–H and O–H groups in total. The maximum atomic E-state index is 12.7. The van der Waals surface area contributed by atoms with Gasteiger partial charge in [0.2, 0.25) is 0 Å². The summed E-state index contributed by atoms with van der Waals surface area (Å²) in [7, 11) is 0. The van der Waals surface area contributed by atoms with E-state index in [2.05, 4.69) is 31.2 Å². The molecule has 1 fully saturated rings. The lowest BCUT2D eigenvalue weighted by Crippen LogP contribution is -2.14. The number of hydrogen-bond acceptors (Lipinski definition) is 1. The molecule has 2 heteroatoms. The van der Waals surface area contributed by atoms with Crippen LogP contribution >= 0.6 is 0 Å². The predicted octanol–water partition coefficient (Wildman–Crippen LogP) is 7.48. The second kappa shape index (κ2) is 12.5. The third kappa shape index (κ3) is 8.57. The average molecular weight is 368 g/mol. The van der Waals surface area contributed by atoms with Gasteiger partial charge in [-0.15, -0.1) is 0 Å². The van der Waals surface area contributed by atoms with Crippen LogP contribution in [0.4, 0.5) is 4.39 Å². The molecule has 0 atom stereocenters. The van der Waals surface area contributed by atoms with Gasteiger partial charge >= 0.3 is 0 Å². The van der Waals surface area contributed by atoms with Gasteiger partial charge in [-0.25, -0.2) is 0 Å². The first-order valence-electron chi connectivity index (χ1n) is 10.7. The summed E-state index contributed by atoms with van der Waals surface area (Å²) in [6.07, 6.45) is 18.9. The molecule has 1 aromatic rings. The number of hydrogen-bond donors (Lipinski definition) is 0. The van der Waals surface area contributed by atoms with Gasteiger partial charge in [0, 0.05) is 0 Å². The van der Waals surface area contributed by atoms with Gasteiger partial charge in [0.05, 0.1) is 0 Å². The van der Waals surface area contributed by atoms with Gasteiger partial charge in [-0.1, -0.05) is 81.9 Å². The first-order valence-corrected chi connectivity index (χ1v) is 10.7. The summed E-state index contributed by atoms with van der Waals surface area (Å²) in [5, 5.41) is 8.35. The fourth-order valence-electron chi connectivity index (χ4n) is 4.13. The van der Waals surface area contributed by atoms with Crippen molar-refractivity contribution in [1.82, 2.24) is 0 Å². The van der Waals surface area contributed by atoms with E-state index in [0.717, 1.165) is 24.7 Å². The number of nitrogens with zero attached hydrogens (tertiary/aromatic N) is 1. The van der Waals surface area contributed by atoms with Crippen molar-refractivity contribution < 1.29 is 4.39 Å². The summed E-state index contributed by atoms with van der Waals surface area (Å²) in [4.78, 5) is 0. The second-order valence-corrected chi connectivity index (χ2v) is 7.93. The summed E-state index contributed by atoms with van der Waals surface area (Å²) < 4.78 is 12.7. The first kappa shape index (κ1) is 21.4. The molecule has 1 aliphatic rings. The fourth-order valence-corrected chi connectivity index (χ4v) is 4.13. The van der Waals surface area contributed by atoms with E-state index >= 15 is 0 Å². The van der Waals surface area contributed by atoms with Crippen LogP contribution in [0.15, 0.2) is 48.3 Å². The van der Waals surface area contributed by atoms with Crippen molar-refractivity contribution in [3.8, 4) is 6.07 Å². The molecular formula is C25H34FN. The number of halogens is 1. The highest BCUT2D eigenvalue weighted by Gasteiger charge is 2.20. The Balaban J connectivity index is 1.53. The Kier molecular flexibility index (Phi) is 9.91. The predicted molar refractivity (Wildman–Crippen MR) is 112 cm³/mol. The van der Waals surface area contributed by atoms with Gasteiger partial charge in [0.1, 0.15) is 6.07 Å². The van der Waals surface area contributed by atoms with Crippen molar-refractivity contribution in [2.24, 2.45) is 11.8 Å². The van der Waals surface area contributed by atoms with E-state index in [9.17, 15) is 4.39 Å². The van der Waals surface area contributed by atoms with E-state index in [1.165, 1.54) is 81.1 Å². The van der Waals surface area contributed by atoms with Gasteiger partial charge < -0.3 is 0 Å². The largest absolute Gasteiger partial charge is 0.199 e. The quantitative estimate of drug-likeness (QED) is 0.239. The molecule has 1 saturated carbocycles. The molecule has 2 rings (SSSR count). The van der Waals surface area contributed by atoms with E-state index in [1.807, 2.05) is 6.08 Å². The number of rotatable bonds is 10. The Morgan fingerprint density at radius 1 is 1.04 bits per heavy atom. The highest BCUT2D eigenvalue weighted by atomic mass is 19.1. The monoisotopic (exact) mass is 367 g/mol. The molecule has 0 spiro atoms.